The summed E-state index contributed by atoms with van der Waals surface area (Å²) >= 11 is 8.23. The summed E-state index contributed by atoms with van der Waals surface area (Å²) in [4.78, 5) is 25.9. The molecule has 0 aromatic carbocycles. The first-order chi connectivity index (χ1) is 9.08. The van der Waals surface area contributed by atoms with Crippen molar-refractivity contribution in [2.24, 2.45) is 0 Å². The molecule has 2 rings (SSSR count). The SMILES string of the molecule is O=C(CN1CCCCCCC1=O)c1cc(Br)sc1Br. The summed E-state index contributed by atoms with van der Waals surface area (Å²) in [7, 11) is 0. The Hall–Kier alpha value is -0.200. The molecule has 6 heteroatoms. The van der Waals surface area contributed by atoms with Gasteiger partial charge in [-0.1, -0.05) is 12.8 Å². The molecule has 0 radical (unpaired) electrons. The molecular weight excluding hydrogens is 394 g/mol. The van der Waals surface area contributed by atoms with Crippen molar-refractivity contribution < 1.29 is 9.59 Å². The fraction of sp³-hybridized carbons (Fsp3) is 0.538. The maximum absolute atomic E-state index is 12.3. The molecular formula is C13H15Br2NO2S. The Morgan fingerprint density at radius 3 is 2.68 bits per heavy atom. The van der Waals surface area contributed by atoms with Crippen LogP contribution in [-0.4, -0.2) is 29.7 Å². The van der Waals surface area contributed by atoms with Gasteiger partial charge in [0.25, 0.3) is 0 Å². The Bertz CT molecular complexity index is 487. The van der Waals surface area contributed by atoms with Gasteiger partial charge in [-0.25, -0.2) is 0 Å². The predicted octanol–water partition coefficient (Wildman–Crippen LogP) is 4.25. The van der Waals surface area contributed by atoms with Crippen LogP contribution < -0.4 is 0 Å². The highest BCUT2D eigenvalue weighted by molar-refractivity contribution is 9.12. The lowest BCUT2D eigenvalue weighted by atomic mass is 10.1. The van der Waals surface area contributed by atoms with E-state index in [1.54, 1.807) is 4.90 Å². The van der Waals surface area contributed by atoms with E-state index in [0.717, 1.165) is 33.3 Å². The van der Waals surface area contributed by atoms with Gasteiger partial charge in [-0.05, 0) is 50.8 Å². The van der Waals surface area contributed by atoms with Gasteiger partial charge in [0.05, 0.1) is 14.1 Å². The summed E-state index contributed by atoms with van der Waals surface area (Å²) in [5.74, 6) is 0.112. The van der Waals surface area contributed by atoms with Crippen molar-refractivity contribution in [1.82, 2.24) is 4.90 Å². The first-order valence-electron chi connectivity index (χ1n) is 6.33. The number of carbonyl (C=O) groups excluding carboxylic acids is 2. The molecule has 0 N–H and O–H groups in total. The van der Waals surface area contributed by atoms with E-state index >= 15 is 0 Å². The molecule has 19 heavy (non-hydrogen) atoms. The number of ketones is 1. The molecule has 1 aliphatic rings. The van der Waals surface area contributed by atoms with Gasteiger partial charge in [-0.2, -0.15) is 0 Å². The number of carbonyl (C=O) groups is 2. The molecule has 3 nitrogen and oxygen atoms in total. The Morgan fingerprint density at radius 1 is 1.26 bits per heavy atom. The van der Waals surface area contributed by atoms with Crippen LogP contribution in [0.3, 0.4) is 0 Å². The van der Waals surface area contributed by atoms with Crippen LogP contribution in [0.2, 0.25) is 0 Å². The van der Waals surface area contributed by atoms with Crippen molar-refractivity contribution in [3.05, 3.63) is 19.2 Å². The lowest BCUT2D eigenvalue weighted by Crippen LogP contribution is -2.37. The second-order valence-electron chi connectivity index (χ2n) is 4.64. The number of amides is 1. The summed E-state index contributed by atoms with van der Waals surface area (Å²) < 4.78 is 1.74. The molecule has 1 aromatic heterocycles. The van der Waals surface area contributed by atoms with E-state index in [4.69, 9.17) is 0 Å². The largest absolute Gasteiger partial charge is 0.335 e. The highest BCUT2D eigenvalue weighted by Crippen LogP contribution is 2.32. The topological polar surface area (TPSA) is 37.4 Å². The van der Waals surface area contributed by atoms with Crippen LogP contribution in [0.15, 0.2) is 13.6 Å². The average molecular weight is 409 g/mol. The molecule has 1 aliphatic heterocycles. The smallest absolute Gasteiger partial charge is 0.222 e. The Morgan fingerprint density at radius 2 is 2.00 bits per heavy atom. The normalized spacial score (nSPS) is 17.2. The minimum Gasteiger partial charge on any atom is -0.335 e. The van der Waals surface area contributed by atoms with Crippen molar-refractivity contribution in [3.8, 4) is 0 Å². The van der Waals surface area contributed by atoms with Crippen molar-refractivity contribution in [2.45, 2.75) is 32.1 Å². The molecule has 1 aromatic rings. The van der Waals surface area contributed by atoms with Crippen LogP contribution in [0.5, 0.6) is 0 Å². The van der Waals surface area contributed by atoms with Gasteiger partial charge in [0.2, 0.25) is 5.91 Å². The fourth-order valence-electron chi connectivity index (χ4n) is 2.17. The van der Waals surface area contributed by atoms with Gasteiger partial charge < -0.3 is 4.90 Å². The Balaban J connectivity index is 2.04. The Kier molecular flexibility index (Phi) is 5.59. The number of rotatable bonds is 3. The zero-order chi connectivity index (χ0) is 13.8. The van der Waals surface area contributed by atoms with Gasteiger partial charge in [-0.15, -0.1) is 11.3 Å². The zero-order valence-corrected chi connectivity index (χ0v) is 14.4. The van der Waals surface area contributed by atoms with Crippen LogP contribution in [0.25, 0.3) is 0 Å². The van der Waals surface area contributed by atoms with E-state index < -0.39 is 0 Å². The summed E-state index contributed by atoms with van der Waals surface area (Å²) in [5, 5.41) is 0. The van der Waals surface area contributed by atoms with E-state index in [-0.39, 0.29) is 18.2 Å². The molecule has 0 atom stereocenters. The predicted molar refractivity (Wildman–Crippen MR) is 83.7 cm³/mol. The molecule has 1 amide bonds. The summed E-state index contributed by atoms with van der Waals surface area (Å²) in [6, 6.07) is 1.81. The number of nitrogens with zero attached hydrogens (tertiary/aromatic N) is 1. The zero-order valence-electron chi connectivity index (χ0n) is 10.5. The third kappa shape index (κ3) is 4.13. The van der Waals surface area contributed by atoms with E-state index in [1.165, 1.54) is 11.3 Å². The van der Waals surface area contributed by atoms with Crippen LogP contribution in [0, 0.1) is 0 Å². The number of Topliss-reactive ketones (excluding diaryl/α,β-unsaturated/α-hetero) is 1. The summed E-state index contributed by atoms with van der Waals surface area (Å²) in [5.41, 5.74) is 0.659. The third-order valence-corrected chi connectivity index (χ3v) is 5.55. The highest BCUT2D eigenvalue weighted by atomic mass is 79.9. The minimum absolute atomic E-state index is 0.00254. The van der Waals surface area contributed by atoms with Crippen molar-refractivity contribution in [1.29, 1.82) is 0 Å². The maximum Gasteiger partial charge on any atom is 0.222 e. The first kappa shape index (κ1) is 15.2. The van der Waals surface area contributed by atoms with Gasteiger partial charge in [0.1, 0.15) is 0 Å². The molecule has 0 aliphatic carbocycles. The van der Waals surface area contributed by atoms with E-state index in [1.807, 2.05) is 6.07 Å². The average Bonchev–Trinajstić information content (AvgIpc) is 2.68. The standard InChI is InChI=1S/C13H15Br2NO2S/c14-11-7-9(13(15)19-11)10(17)8-16-6-4-2-1-3-5-12(16)18/h7H,1-6,8H2. The summed E-state index contributed by atoms with van der Waals surface area (Å²) in [6.07, 6.45) is 4.77. The van der Waals surface area contributed by atoms with Crippen molar-refractivity contribution >= 4 is 54.9 Å². The van der Waals surface area contributed by atoms with Crippen LogP contribution in [-0.2, 0) is 4.79 Å². The minimum atomic E-state index is 0.00254. The van der Waals surface area contributed by atoms with Crippen molar-refractivity contribution in [2.75, 3.05) is 13.1 Å². The van der Waals surface area contributed by atoms with E-state index in [2.05, 4.69) is 31.9 Å². The molecule has 104 valence electrons. The van der Waals surface area contributed by atoms with Gasteiger partial charge in [-0.3, -0.25) is 9.59 Å². The molecule has 0 saturated carbocycles. The molecule has 2 heterocycles. The fourth-order valence-corrected chi connectivity index (χ4v) is 5.03. The maximum atomic E-state index is 12.3. The first-order valence-corrected chi connectivity index (χ1v) is 8.74. The lowest BCUT2D eigenvalue weighted by molar-refractivity contribution is -0.131. The van der Waals surface area contributed by atoms with Gasteiger partial charge >= 0.3 is 0 Å². The highest BCUT2D eigenvalue weighted by Gasteiger charge is 2.21. The van der Waals surface area contributed by atoms with Crippen LogP contribution in [0.1, 0.15) is 42.5 Å². The van der Waals surface area contributed by atoms with Gasteiger partial charge in [0, 0.05) is 18.5 Å². The number of halogens is 2. The second kappa shape index (κ2) is 6.99. The Labute approximate surface area is 133 Å². The van der Waals surface area contributed by atoms with Crippen LogP contribution >= 0.6 is 43.2 Å². The third-order valence-electron chi connectivity index (χ3n) is 3.21. The number of hydrogen-bond donors (Lipinski definition) is 0. The quantitative estimate of drug-likeness (QED) is 0.701. The number of thiophene rings is 1. The second-order valence-corrected chi connectivity index (χ2v) is 8.39. The monoisotopic (exact) mass is 407 g/mol. The van der Waals surface area contributed by atoms with Gasteiger partial charge in [0.15, 0.2) is 5.78 Å². The molecule has 0 unspecified atom stereocenters. The van der Waals surface area contributed by atoms with Crippen LogP contribution in [0.4, 0.5) is 0 Å². The molecule has 1 saturated heterocycles. The molecule has 0 spiro atoms. The summed E-state index contributed by atoms with van der Waals surface area (Å²) in [6.45, 7) is 0.897. The van der Waals surface area contributed by atoms with Crippen molar-refractivity contribution in [3.63, 3.8) is 0 Å². The van der Waals surface area contributed by atoms with E-state index in [0.29, 0.717) is 18.5 Å². The molecule has 0 bridgehead atoms. The van der Waals surface area contributed by atoms with E-state index in [9.17, 15) is 9.59 Å². The number of hydrogen-bond acceptors (Lipinski definition) is 3. The molecule has 1 fully saturated rings. The number of likely N-dealkylation sites (tertiary alicyclic amines) is 1. The lowest BCUT2D eigenvalue weighted by Gasteiger charge is -2.24.